The molecule has 1 N–H and O–H groups in total. The van der Waals surface area contributed by atoms with Crippen LogP contribution in [0, 0.1) is 34.3 Å². The molecule has 2 aromatic rings. The van der Waals surface area contributed by atoms with Gasteiger partial charge in [0.05, 0.1) is 5.56 Å². The van der Waals surface area contributed by atoms with E-state index in [1.54, 1.807) is 0 Å². The van der Waals surface area contributed by atoms with Gasteiger partial charge >= 0.3 is 0 Å². The van der Waals surface area contributed by atoms with E-state index in [0.717, 1.165) is 41.8 Å². The number of halogens is 2. The number of amides is 1. The number of nitrogens with zero attached hydrogens (tertiary/aromatic N) is 1. The molecule has 1 heterocycles. The summed E-state index contributed by atoms with van der Waals surface area (Å²) >= 11 is 1.34. The maximum absolute atomic E-state index is 13.8. The van der Waals surface area contributed by atoms with Gasteiger partial charge in [-0.2, -0.15) is 5.26 Å². The van der Waals surface area contributed by atoms with Crippen LogP contribution in [0.1, 0.15) is 53.6 Å². The van der Waals surface area contributed by atoms with Crippen molar-refractivity contribution in [3.05, 3.63) is 51.4 Å². The Morgan fingerprint density at radius 3 is 2.54 bits per heavy atom. The van der Waals surface area contributed by atoms with E-state index >= 15 is 0 Å². The third kappa shape index (κ3) is 3.36. The lowest BCUT2D eigenvalue weighted by Crippen LogP contribution is -2.26. The summed E-state index contributed by atoms with van der Waals surface area (Å²) in [5.41, 5.74) is 0.911. The fourth-order valence-corrected chi connectivity index (χ4v) is 4.68. The van der Waals surface area contributed by atoms with E-state index in [0.29, 0.717) is 16.5 Å². The van der Waals surface area contributed by atoms with Crippen molar-refractivity contribution in [3.8, 4) is 6.07 Å². The molecule has 0 fully saturated rings. The van der Waals surface area contributed by atoms with Crippen molar-refractivity contribution in [2.24, 2.45) is 11.3 Å². The topological polar surface area (TPSA) is 52.9 Å². The van der Waals surface area contributed by atoms with Gasteiger partial charge in [-0.3, -0.25) is 4.79 Å². The number of benzene rings is 1. The molecular formula is C20H20F2N2OS. The number of nitriles is 1. The number of nitrogens with one attached hydrogen (secondary N) is 1. The Kier molecular flexibility index (Phi) is 4.85. The minimum Gasteiger partial charge on any atom is -0.312 e. The van der Waals surface area contributed by atoms with Gasteiger partial charge in [0.25, 0.3) is 5.91 Å². The van der Waals surface area contributed by atoms with Crippen LogP contribution in [-0.4, -0.2) is 5.91 Å². The van der Waals surface area contributed by atoms with Crippen LogP contribution in [0.25, 0.3) is 0 Å². The van der Waals surface area contributed by atoms with E-state index in [4.69, 9.17) is 0 Å². The zero-order chi connectivity index (χ0) is 19.1. The average molecular weight is 374 g/mol. The summed E-state index contributed by atoms with van der Waals surface area (Å²) in [6, 6.07) is 5.44. The standard InChI is InChI=1S/C20H20F2N2OS/c1-20(2,3)11-7-8-12-13(10-23)19(26-16(12)9-11)24-18(25)17-14(21)5-4-6-15(17)22/h4-6,11H,7-9H2,1-3H3,(H,24,25)/t11-/m0/s1. The minimum atomic E-state index is -0.921. The molecule has 1 aromatic heterocycles. The first kappa shape index (κ1) is 18.5. The molecule has 1 atom stereocenters. The fraction of sp³-hybridized carbons (Fsp3) is 0.400. The first-order valence-corrected chi connectivity index (χ1v) is 9.34. The van der Waals surface area contributed by atoms with Crippen LogP contribution in [0.5, 0.6) is 0 Å². The van der Waals surface area contributed by atoms with Gasteiger partial charge in [-0.25, -0.2) is 8.78 Å². The lowest BCUT2D eigenvalue weighted by molar-refractivity contribution is 0.101. The molecule has 1 aliphatic carbocycles. The molecule has 1 aromatic carbocycles. The maximum Gasteiger partial charge on any atom is 0.262 e. The molecule has 26 heavy (non-hydrogen) atoms. The molecule has 0 aliphatic heterocycles. The molecule has 1 aliphatic rings. The van der Waals surface area contributed by atoms with Gasteiger partial charge in [0.15, 0.2) is 0 Å². The Hall–Kier alpha value is -2.26. The minimum absolute atomic E-state index is 0.161. The lowest BCUT2D eigenvalue weighted by atomic mass is 9.72. The molecule has 3 rings (SSSR count). The predicted octanol–water partition coefficient (Wildman–Crippen LogP) is 5.30. The van der Waals surface area contributed by atoms with Gasteiger partial charge in [0, 0.05) is 4.88 Å². The quantitative estimate of drug-likeness (QED) is 0.775. The summed E-state index contributed by atoms with van der Waals surface area (Å²) in [7, 11) is 0. The number of carbonyl (C=O) groups is 1. The van der Waals surface area contributed by atoms with Crippen molar-refractivity contribution in [2.45, 2.75) is 40.0 Å². The smallest absolute Gasteiger partial charge is 0.262 e. The van der Waals surface area contributed by atoms with Gasteiger partial charge in [0.2, 0.25) is 0 Å². The third-order valence-electron chi connectivity index (χ3n) is 5.02. The molecule has 1 amide bonds. The van der Waals surface area contributed by atoms with E-state index < -0.39 is 23.1 Å². The monoisotopic (exact) mass is 374 g/mol. The first-order valence-electron chi connectivity index (χ1n) is 8.52. The van der Waals surface area contributed by atoms with Crippen LogP contribution in [0.15, 0.2) is 18.2 Å². The van der Waals surface area contributed by atoms with Crippen LogP contribution >= 0.6 is 11.3 Å². The Balaban J connectivity index is 1.92. The van der Waals surface area contributed by atoms with E-state index in [9.17, 15) is 18.8 Å². The molecule has 0 bridgehead atoms. The molecule has 0 spiro atoms. The Morgan fingerprint density at radius 2 is 1.96 bits per heavy atom. The van der Waals surface area contributed by atoms with Gasteiger partial charge in [0.1, 0.15) is 28.3 Å². The van der Waals surface area contributed by atoms with Gasteiger partial charge in [-0.05, 0) is 48.3 Å². The Labute approximate surface area is 155 Å². The number of hydrogen-bond donors (Lipinski definition) is 1. The van der Waals surface area contributed by atoms with Crippen LogP contribution < -0.4 is 5.32 Å². The highest BCUT2D eigenvalue weighted by Crippen LogP contribution is 2.44. The lowest BCUT2D eigenvalue weighted by Gasteiger charge is -2.33. The van der Waals surface area contributed by atoms with Gasteiger partial charge in [-0.1, -0.05) is 26.8 Å². The van der Waals surface area contributed by atoms with Crippen molar-refractivity contribution in [1.29, 1.82) is 5.26 Å². The molecule has 3 nitrogen and oxygen atoms in total. The van der Waals surface area contributed by atoms with E-state index in [1.165, 1.54) is 17.4 Å². The second-order valence-electron chi connectivity index (χ2n) is 7.68. The number of hydrogen-bond acceptors (Lipinski definition) is 3. The van der Waals surface area contributed by atoms with Gasteiger partial charge in [-0.15, -0.1) is 11.3 Å². The van der Waals surface area contributed by atoms with E-state index in [1.807, 2.05) is 0 Å². The Bertz CT molecular complexity index is 886. The third-order valence-corrected chi connectivity index (χ3v) is 6.19. The summed E-state index contributed by atoms with van der Waals surface area (Å²) in [6.45, 7) is 6.60. The molecule has 0 unspecified atom stereocenters. The largest absolute Gasteiger partial charge is 0.312 e. The highest BCUT2D eigenvalue weighted by molar-refractivity contribution is 7.16. The number of rotatable bonds is 2. The summed E-state index contributed by atoms with van der Waals surface area (Å²) < 4.78 is 27.7. The number of thiophene rings is 1. The zero-order valence-corrected chi connectivity index (χ0v) is 15.8. The molecule has 136 valence electrons. The molecule has 0 radical (unpaired) electrons. The Morgan fingerprint density at radius 1 is 1.31 bits per heavy atom. The van der Waals surface area contributed by atoms with Gasteiger partial charge < -0.3 is 5.32 Å². The highest BCUT2D eigenvalue weighted by atomic mass is 32.1. The highest BCUT2D eigenvalue weighted by Gasteiger charge is 2.32. The van der Waals surface area contributed by atoms with Crippen LogP contribution in [-0.2, 0) is 12.8 Å². The number of carbonyl (C=O) groups excluding carboxylic acids is 1. The summed E-state index contributed by atoms with van der Waals surface area (Å²) in [5, 5.41) is 12.5. The average Bonchev–Trinajstić information content (AvgIpc) is 2.89. The van der Waals surface area contributed by atoms with E-state index in [2.05, 4.69) is 32.2 Å². The number of anilines is 1. The van der Waals surface area contributed by atoms with Crippen molar-refractivity contribution >= 4 is 22.2 Å². The predicted molar refractivity (Wildman–Crippen MR) is 98.3 cm³/mol. The van der Waals surface area contributed by atoms with Crippen molar-refractivity contribution in [3.63, 3.8) is 0 Å². The van der Waals surface area contributed by atoms with Crippen molar-refractivity contribution < 1.29 is 13.6 Å². The molecule has 0 saturated heterocycles. The fourth-order valence-electron chi connectivity index (χ4n) is 3.41. The second kappa shape index (κ2) is 6.81. The van der Waals surface area contributed by atoms with E-state index in [-0.39, 0.29) is 5.41 Å². The number of fused-ring (bicyclic) bond motifs is 1. The van der Waals surface area contributed by atoms with Crippen LogP contribution in [0.4, 0.5) is 13.8 Å². The second-order valence-corrected chi connectivity index (χ2v) is 8.78. The van der Waals surface area contributed by atoms with Crippen molar-refractivity contribution in [2.75, 3.05) is 5.32 Å². The summed E-state index contributed by atoms with van der Waals surface area (Å²) in [6.07, 6.45) is 2.61. The molecular weight excluding hydrogens is 354 g/mol. The molecule has 6 heteroatoms. The maximum atomic E-state index is 13.8. The zero-order valence-electron chi connectivity index (χ0n) is 15.0. The molecule has 0 saturated carbocycles. The SMILES string of the molecule is CC(C)(C)[C@H]1CCc2c(sc(NC(=O)c3c(F)cccc3F)c2C#N)C1. The normalized spacial score (nSPS) is 16.7. The summed E-state index contributed by atoms with van der Waals surface area (Å²) in [5.74, 6) is -2.22. The van der Waals surface area contributed by atoms with Crippen LogP contribution in [0.3, 0.4) is 0 Å². The first-order chi connectivity index (χ1) is 12.2. The summed E-state index contributed by atoms with van der Waals surface area (Å²) in [4.78, 5) is 13.4. The van der Waals surface area contributed by atoms with Crippen molar-refractivity contribution in [1.82, 2.24) is 0 Å². The van der Waals surface area contributed by atoms with Crippen LogP contribution in [0.2, 0.25) is 0 Å².